The lowest BCUT2D eigenvalue weighted by Gasteiger charge is -2.24. The topological polar surface area (TPSA) is 30.5 Å². The van der Waals surface area contributed by atoms with Gasteiger partial charge in [-0.1, -0.05) is 31.9 Å². The molecule has 0 amide bonds. The van der Waals surface area contributed by atoms with E-state index in [0.717, 1.165) is 30.6 Å². The molecule has 1 unspecified atom stereocenters. The number of likely N-dealkylation sites (N-methyl/N-ethyl adjacent to an activating group) is 1. The average molecular weight is 263 g/mol. The third-order valence-corrected chi connectivity index (χ3v) is 3.92. The molecule has 106 valence electrons. The third-order valence-electron chi connectivity index (χ3n) is 3.92. The normalized spacial score (nSPS) is 17.4. The van der Waals surface area contributed by atoms with Crippen LogP contribution in [0.5, 0.6) is 11.5 Å². The van der Waals surface area contributed by atoms with E-state index in [1.165, 1.54) is 25.7 Å². The number of hydrogen-bond donors (Lipinski definition) is 1. The Balaban J connectivity index is 1.93. The molecule has 0 aliphatic heterocycles. The van der Waals surface area contributed by atoms with Gasteiger partial charge in [-0.05, 0) is 37.4 Å². The molecule has 0 heterocycles. The van der Waals surface area contributed by atoms with Gasteiger partial charge in [0.25, 0.3) is 0 Å². The fraction of sp³-hybridized carbons (Fsp3) is 0.625. The number of hydrogen-bond acceptors (Lipinski definition) is 3. The average Bonchev–Trinajstić information content (AvgIpc) is 2.97. The summed E-state index contributed by atoms with van der Waals surface area (Å²) in [6.45, 7) is 3.88. The highest BCUT2D eigenvalue weighted by molar-refractivity contribution is 5.39. The van der Waals surface area contributed by atoms with E-state index in [4.69, 9.17) is 9.47 Å². The molecule has 1 aliphatic rings. The number of rotatable bonds is 7. The summed E-state index contributed by atoms with van der Waals surface area (Å²) in [7, 11) is 1.68. The van der Waals surface area contributed by atoms with E-state index in [0.29, 0.717) is 6.04 Å². The van der Waals surface area contributed by atoms with Crippen molar-refractivity contribution in [2.45, 2.75) is 38.6 Å². The van der Waals surface area contributed by atoms with Crippen LogP contribution >= 0.6 is 0 Å². The molecule has 3 nitrogen and oxygen atoms in total. The van der Waals surface area contributed by atoms with E-state index in [1.54, 1.807) is 7.11 Å². The Morgan fingerprint density at radius 1 is 1.21 bits per heavy atom. The quantitative estimate of drug-likeness (QED) is 0.819. The molecule has 19 heavy (non-hydrogen) atoms. The van der Waals surface area contributed by atoms with Gasteiger partial charge in [0.15, 0.2) is 11.5 Å². The Hall–Kier alpha value is -1.22. The van der Waals surface area contributed by atoms with Gasteiger partial charge in [0, 0.05) is 6.04 Å². The van der Waals surface area contributed by atoms with Crippen molar-refractivity contribution in [2.75, 3.05) is 20.3 Å². The van der Waals surface area contributed by atoms with Crippen molar-refractivity contribution in [3.05, 3.63) is 24.3 Å². The van der Waals surface area contributed by atoms with E-state index >= 15 is 0 Å². The van der Waals surface area contributed by atoms with Crippen molar-refractivity contribution in [1.29, 1.82) is 0 Å². The van der Waals surface area contributed by atoms with Gasteiger partial charge >= 0.3 is 0 Å². The first-order chi connectivity index (χ1) is 9.35. The predicted octanol–water partition coefficient (Wildman–Crippen LogP) is 3.24. The fourth-order valence-electron chi connectivity index (χ4n) is 2.90. The summed E-state index contributed by atoms with van der Waals surface area (Å²) in [5.41, 5.74) is 0. The molecule has 1 fully saturated rings. The minimum absolute atomic E-state index is 0.456. The summed E-state index contributed by atoms with van der Waals surface area (Å²) in [4.78, 5) is 0. The van der Waals surface area contributed by atoms with Gasteiger partial charge in [-0.2, -0.15) is 0 Å². The van der Waals surface area contributed by atoms with Gasteiger partial charge in [0.1, 0.15) is 6.61 Å². The first-order valence-electron chi connectivity index (χ1n) is 7.34. The number of benzene rings is 1. The minimum Gasteiger partial charge on any atom is -0.493 e. The van der Waals surface area contributed by atoms with E-state index < -0.39 is 0 Å². The van der Waals surface area contributed by atoms with Gasteiger partial charge in [0.05, 0.1) is 7.11 Å². The zero-order chi connectivity index (χ0) is 13.5. The smallest absolute Gasteiger partial charge is 0.161 e. The predicted molar refractivity (Wildman–Crippen MR) is 77.9 cm³/mol. The number of nitrogens with one attached hydrogen (secondary N) is 1. The third kappa shape index (κ3) is 3.87. The van der Waals surface area contributed by atoms with Crippen LogP contribution in [0, 0.1) is 5.92 Å². The first-order valence-corrected chi connectivity index (χ1v) is 7.34. The van der Waals surface area contributed by atoms with Crippen LogP contribution in [0.25, 0.3) is 0 Å². The maximum absolute atomic E-state index is 5.97. The molecule has 1 atom stereocenters. The molecule has 0 bridgehead atoms. The molecule has 0 spiro atoms. The lowest BCUT2D eigenvalue weighted by molar-refractivity contribution is 0.212. The summed E-state index contributed by atoms with van der Waals surface area (Å²) in [6, 6.07) is 8.31. The number of ether oxygens (including phenoxy) is 2. The second-order valence-electron chi connectivity index (χ2n) is 5.17. The largest absolute Gasteiger partial charge is 0.493 e. The monoisotopic (exact) mass is 263 g/mol. The van der Waals surface area contributed by atoms with Crippen LogP contribution < -0.4 is 14.8 Å². The summed E-state index contributed by atoms with van der Waals surface area (Å²) >= 11 is 0. The number of para-hydroxylation sites is 2. The highest BCUT2D eigenvalue weighted by Crippen LogP contribution is 2.30. The molecule has 0 saturated heterocycles. The van der Waals surface area contributed by atoms with Gasteiger partial charge in [-0.15, -0.1) is 0 Å². The zero-order valence-corrected chi connectivity index (χ0v) is 12.0. The summed E-state index contributed by atoms with van der Waals surface area (Å²) < 4.78 is 11.3. The molecule has 1 aliphatic carbocycles. The number of methoxy groups -OCH3 is 1. The molecule has 3 heteroatoms. The Morgan fingerprint density at radius 2 is 1.89 bits per heavy atom. The van der Waals surface area contributed by atoms with E-state index in [1.807, 2.05) is 24.3 Å². The lowest BCUT2D eigenvalue weighted by Crippen LogP contribution is -2.40. The Morgan fingerprint density at radius 3 is 2.53 bits per heavy atom. The van der Waals surface area contributed by atoms with Crippen molar-refractivity contribution < 1.29 is 9.47 Å². The van der Waals surface area contributed by atoms with Crippen LogP contribution in [0.1, 0.15) is 32.6 Å². The Labute approximate surface area is 116 Å². The second kappa shape index (κ2) is 7.39. The van der Waals surface area contributed by atoms with Gasteiger partial charge < -0.3 is 14.8 Å². The summed E-state index contributed by atoms with van der Waals surface area (Å²) in [6.07, 6.45) is 5.38. The van der Waals surface area contributed by atoms with Crippen LogP contribution in [-0.4, -0.2) is 26.3 Å². The van der Waals surface area contributed by atoms with Crippen LogP contribution in [0.15, 0.2) is 24.3 Å². The maximum atomic E-state index is 5.97. The molecular weight excluding hydrogens is 238 g/mol. The SMILES string of the molecule is CCNC(COc1ccccc1OC)C1CCCC1. The molecule has 1 N–H and O–H groups in total. The van der Waals surface area contributed by atoms with E-state index in [-0.39, 0.29) is 0 Å². The molecule has 1 aromatic carbocycles. The second-order valence-corrected chi connectivity index (χ2v) is 5.17. The molecule has 1 saturated carbocycles. The maximum Gasteiger partial charge on any atom is 0.161 e. The van der Waals surface area contributed by atoms with Crippen LogP contribution in [0.3, 0.4) is 0 Å². The fourth-order valence-corrected chi connectivity index (χ4v) is 2.90. The molecule has 0 aromatic heterocycles. The standard InChI is InChI=1S/C16H25NO2/c1-3-17-14(13-8-4-5-9-13)12-19-16-11-7-6-10-15(16)18-2/h6-7,10-11,13-14,17H,3-5,8-9,12H2,1-2H3. The first kappa shape index (κ1) is 14.2. The molecule has 0 radical (unpaired) electrons. The lowest BCUT2D eigenvalue weighted by atomic mass is 9.99. The van der Waals surface area contributed by atoms with Crippen molar-refractivity contribution in [1.82, 2.24) is 5.32 Å². The summed E-state index contributed by atoms with van der Waals surface area (Å²) in [5.74, 6) is 2.41. The van der Waals surface area contributed by atoms with Crippen molar-refractivity contribution in [2.24, 2.45) is 5.92 Å². The Kier molecular flexibility index (Phi) is 5.52. The highest BCUT2D eigenvalue weighted by atomic mass is 16.5. The van der Waals surface area contributed by atoms with E-state index in [9.17, 15) is 0 Å². The van der Waals surface area contributed by atoms with Crippen molar-refractivity contribution >= 4 is 0 Å². The molecule has 2 rings (SSSR count). The van der Waals surface area contributed by atoms with E-state index in [2.05, 4.69) is 12.2 Å². The summed E-state index contributed by atoms with van der Waals surface area (Å²) in [5, 5.41) is 3.57. The van der Waals surface area contributed by atoms with Crippen molar-refractivity contribution in [3.8, 4) is 11.5 Å². The Bertz CT molecular complexity index is 375. The molecular formula is C16H25NO2. The minimum atomic E-state index is 0.456. The van der Waals surface area contributed by atoms with Crippen LogP contribution in [-0.2, 0) is 0 Å². The van der Waals surface area contributed by atoms with Gasteiger partial charge in [0.2, 0.25) is 0 Å². The highest BCUT2D eigenvalue weighted by Gasteiger charge is 2.25. The van der Waals surface area contributed by atoms with Crippen molar-refractivity contribution in [3.63, 3.8) is 0 Å². The zero-order valence-electron chi connectivity index (χ0n) is 12.0. The van der Waals surface area contributed by atoms with Crippen LogP contribution in [0.2, 0.25) is 0 Å². The van der Waals surface area contributed by atoms with Crippen LogP contribution in [0.4, 0.5) is 0 Å². The van der Waals surface area contributed by atoms with Gasteiger partial charge in [-0.25, -0.2) is 0 Å². The molecule has 1 aromatic rings. The van der Waals surface area contributed by atoms with Gasteiger partial charge in [-0.3, -0.25) is 0 Å².